The number of hydrogen-bond acceptors (Lipinski definition) is 15. The molecule has 0 aliphatic rings. The van der Waals surface area contributed by atoms with Crippen molar-refractivity contribution < 1.29 is 77.3 Å². The molecule has 27 nitrogen and oxygen atoms in total. The Bertz CT molecular complexity index is 2640. The summed E-state index contributed by atoms with van der Waals surface area (Å²) >= 11 is 0. The third-order valence-corrected chi connectivity index (χ3v) is 16.6. The maximum absolute atomic E-state index is 15.2. The molecular weight excluding hydrogens is 1210 g/mol. The molecule has 6 N–H and O–H groups in total. The summed E-state index contributed by atoms with van der Waals surface area (Å²) in [4.78, 5) is 188. The number of hydrogen-bond donors (Lipinski definition) is 6. The fraction of sp³-hybridized carbons (Fsp3) is 0.746. The van der Waals surface area contributed by atoms with Crippen LogP contribution in [0.4, 0.5) is 0 Å². The third-order valence-electron chi connectivity index (χ3n) is 16.6. The number of carboxylic acid groups (broad SMARTS) is 1. The van der Waals surface area contributed by atoms with Gasteiger partial charge in [-0.3, -0.25) is 52.7 Å². The van der Waals surface area contributed by atoms with Crippen molar-refractivity contribution in [2.45, 2.75) is 223 Å². The first-order chi connectivity index (χ1) is 43.4. The number of methoxy groups -OCH3 is 1. The highest BCUT2D eigenvalue weighted by atomic mass is 16.5. The van der Waals surface area contributed by atoms with E-state index in [-0.39, 0.29) is 62.2 Å². The highest BCUT2D eigenvalue weighted by Gasteiger charge is 2.45. The van der Waals surface area contributed by atoms with Crippen LogP contribution in [-0.4, -0.2) is 251 Å². The van der Waals surface area contributed by atoms with Gasteiger partial charge in [-0.15, -0.1) is 0 Å². The zero-order valence-electron chi connectivity index (χ0n) is 60.9. The lowest BCUT2D eigenvalue weighted by molar-refractivity contribution is -0.157. The summed E-state index contributed by atoms with van der Waals surface area (Å²) in [5, 5.41) is 32.6. The van der Waals surface area contributed by atoms with Crippen LogP contribution >= 0.6 is 0 Å². The smallest absolute Gasteiger partial charge is 0.330 e. The van der Waals surface area contributed by atoms with E-state index in [0.29, 0.717) is 0 Å². The quantitative estimate of drug-likeness (QED) is 0.0293. The maximum atomic E-state index is 15.2. The number of ether oxygens (including phenoxy) is 1. The summed E-state index contributed by atoms with van der Waals surface area (Å²) < 4.78 is 4.48. The van der Waals surface area contributed by atoms with E-state index in [9.17, 15) is 63.0 Å². The van der Waals surface area contributed by atoms with Crippen molar-refractivity contribution >= 4 is 76.9 Å². The van der Waals surface area contributed by atoms with Gasteiger partial charge in [0.1, 0.15) is 60.4 Å². The first-order valence-corrected chi connectivity index (χ1v) is 32.7. The topological polar surface area (TPSA) is 342 Å². The van der Waals surface area contributed by atoms with Crippen LogP contribution in [-0.2, 0) is 67.1 Å². The minimum absolute atomic E-state index is 0.0159. The van der Waals surface area contributed by atoms with E-state index < -0.39 is 168 Å². The highest BCUT2D eigenvalue weighted by molar-refractivity contribution is 6.00. The molecule has 27 heteroatoms. The van der Waals surface area contributed by atoms with Crippen molar-refractivity contribution in [3.8, 4) is 0 Å². The van der Waals surface area contributed by atoms with Gasteiger partial charge in [-0.25, -0.2) is 9.59 Å². The number of aliphatic hydroxyl groups excluding tert-OH is 1. The lowest BCUT2D eigenvalue weighted by Crippen LogP contribution is -2.63. The molecule has 0 unspecified atom stereocenters. The van der Waals surface area contributed by atoms with E-state index in [4.69, 9.17) is 0 Å². The van der Waals surface area contributed by atoms with Crippen LogP contribution in [0.1, 0.15) is 156 Å². The number of aliphatic hydroxyl groups is 1. The lowest BCUT2D eigenvalue weighted by atomic mass is 9.91. The van der Waals surface area contributed by atoms with E-state index >= 15 is 9.59 Å². The Morgan fingerprint density at radius 1 is 0.468 bits per heavy atom. The number of likely N-dealkylation sites (N-methyl/N-ethyl adjacent to an activating group) is 7. The van der Waals surface area contributed by atoms with E-state index in [2.05, 4.69) is 26.0 Å². The van der Waals surface area contributed by atoms with Crippen molar-refractivity contribution in [2.75, 3.05) is 63.0 Å². The fourth-order valence-electron chi connectivity index (χ4n) is 10.8. The zero-order valence-corrected chi connectivity index (χ0v) is 60.9. The Kier molecular flexibility index (Phi) is 37.5. The molecule has 0 aromatic rings. The second kappa shape index (κ2) is 40.7. The van der Waals surface area contributed by atoms with Crippen LogP contribution in [0.2, 0.25) is 0 Å². The summed E-state index contributed by atoms with van der Waals surface area (Å²) in [6.07, 6.45) is 4.58. The molecule has 0 aliphatic carbocycles. The third kappa shape index (κ3) is 26.4. The first-order valence-electron chi connectivity index (χ1n) is 32.7. The van der Waals surface area contributed by atoms with E-state index in [1.807, 2.05) is 55.4 Å². The number of carbonyl (C=O) groups is 13. The molecule has 0 heterocycles. The van der Waals surface area contributed by atoms with Crippen LogP contribution in [0, 0.1) is 41.4 Å². The fourth-order valence-corrected chi connectivity index (χ4v) is 10.8. The zero-order chi connectivity index (χ0) is 73.3. The van der Waals surface area contributed by atoms with Crippen LogP contribution in [0.25, 0.3) is 0 Å². The SMILES string of the molecule is C/C=C/C[C@@H](C)[C@@H](O)[C@@H](C(=O)N[C@@H](CC)C(=O)N(C)CC(=O)N(C)[C@@H](CC(C)C)C(=O)N[C@H](C(=O)N(C)[C@@H](CC(C)C)C(=O)O)C(C)C)N(C)C(=O)[C@H](C(C)C)N(C)C(=O)[C@H](CC(C)C)N(C)C(=O)[C@H](CC(C)C)N(C)C(=O)[C@@H](C)NC(=O)[C@H](C)NC(=O)/C=C/C(=O)OC. The van der Waals surface area contributed by atoms with Crippen molar-refractivity contribution in [3.05, 3.63) is 24.3 Å². The van der Waals surface area contributed by atoms with Gasteiger partial charge in [0, 0.05) is 61.5 Å². The summed E-state index contributed by atoms with van der Waals surface area (Å²) in [6, 6.07) is -12.4. The number of esters is 1. The number of carboxylic acids is 1. The molecular formula is C67H117N11O16. The van der Waals surface area contributed by atoms with Gasteiger partial charge in [-0.1, -0.05) is 109 Å². The molecule has 0 saturated carbocycles. The van der Waals surface area contributed by atoms with Crippen molar-refractivity contribution in [2.24, 2.45) is 41.4 Å². The average molecular weight is 1330 g/mol. The van der Waals surface area contributed by atoms with Crippen LogP contribution in [0.5, 0.6) is 0 Å². The van der Waals surface area contributed by atoms with Gasteiger partial charge in [0.2, 0.25) is 65.0 Å². The molecule has 0 aromatic carbocycles. The van der Waals surface area contributed by atoms with E-state index in [1.165, 1.54) is 82.8 Å². The Morgan fingerprint density at radius 3 is 1.37 bits per heavy atom. The second-order valence-corrected chi connectivity index (χ2v) is 27.3. The number of amides is 11. The van der Waals surface area contributed by atoms with Gasteiger partial charge in [0.25, 0.3) is 0 Å². The molecule has 0 rings (SSSR count). The largest absolute Gasteiger partial charge is 0.480 e. The summed E-state index contributed by atoms with van der Waals surface area (Å²) in [7, 11) is 10.8. The second-order valence-electron chi connectivity index (χ2n) is 27.3. The molecule has 94 heavy (non-hydrogen) atoms. The summed E-state index contributed by atoms with van der Waals surface area (Å²) in [5.74, 6) is -12.1. The molecule has 12 atom stereocenters. The van der Waals surface area contributed by atoms with Crippen molar-refractivity contribution in [1.29, 1.82) is 0 Å². The standard InChI is InChI=1S/C67H117N11O16/c1-26-28-29-43(15)57(82)56(60(85)70-46(27-2)62(87)72(18)36-52(80)73(19)47(32-37(3)4)59(84)71-54(41(11)12)65(90)76(22)50(67(92)93)35-40(9)10)78(24)66(91)55(42(13)14)77(23)64(89)49(34-39(7)8)75(21)63(88)48(33-38(5)6)74(20)61(86)45(17)69-58(83)44(16)68-51(79)30-31-53(81)94-25/h26,28,30-31,37-50,54-57,82H,27,29,32-36H2,1-25H3,(H,68,79)(H,69,83)(H,70,85)(H,71,84)(H,92,93)/b28-26+,31-30+/t43-,44+,45-,46+,47+,48+,49+,50+,54+,55+,56+,57-/m1/s1. The molecule has 0 bridgehead atoms. The van der Waals surface area contributed by atoms with E-state index in [0.717, 1.165) is 34.0 Å². The van der Waals surface area contributed by atoms with E-state index in [1.54, 1.807) is 60.6 Å². The van der Waals surface area contributed by atoms with Gasteiger partial charge < -0.3 is 70.5 Å². The molecule has 11 amide bonds. The van der Waals surface area contributed by atoms with Crippen LogP contribution in [0.15, 0.2) is 24.3 Å². The van der Waals surface area contributed by atoms with Crippen LogP contribution < -0.4 is 21.3 Å². The number of rotatable bonds is 39. The molecule has 0 spiro atoms. The van der Waals surface area contributed by atoms with Gasteiger partial charge in [-0.2, -0.15) is 0 Å². The number of nitrogens with zero attached hydrogens (tertiary/aromatic N) is 7. The molecule has 0 aliphatic heterocycles. The van der Waals surface area contributed by atoms with Gasteiger partial charge >= 0.3 is 11.9 Å². The van der Waals surface area contributed by atoms with Crippen molar-refractivity contribution in [3.63, 3.8) is 0 Å². The van der Waals surface area contributed by atoms with Crippen molar-refractivity contribution in [1.82, 2.24) is 55.6 Å². The minimum atomic E-state index is -1.66. The summed E-state index contributed by atoms with van der Waals surface area (Å²) in [5.41, 5.74) is 0. The molecule has 0 fully saturated rings. The summed E-state index contributed by atoms with van der Waals surface area (Å²) in [6.45, 7) is 28.8. The molecule has 0 aromatic heterocycles. The monoisotopic (exact) mass is 1330 g/mol. The molecule has 0 saturated heterocycles. The number of allylic oxidation sites excluding steroid dienone is 2. The van der Waals surface area contributed by atoms with Gasteiger partial charge in [0.05, 0.1) is 19.8 Å². The normalized spacial score (nSPS) is 15.6. The van der Waals surface area contributed by atoms with Crippen LogP contribution in [0.3, 0.4) is 0 Å². The Morgan fingerprint density at radius 2 is 0.926 bits per heavy atom. The highest BCUT2D eigenvalue weighted by Crippen LogP contribution is 2.26. The Balaban J connectivity index is 7.16. The van der Waals surface area contributed by atoms with Gasteiger partial charge in [-0.05, 0) is 101 Å². The average Bonchev–Trinajstić information content (AvgIpc) is 0.811. The molecule has 0 radical (unpaired) electrons. The Hall–Kier alpha value is -7.45. The number of carbonyl (C=O) groups excluding carboxylic acids is 12. The lowest BCUT2D eigenvalue weighted by Gasteiger charge is -2.41. The number of aliphatic carboxylic acids is 1. The maximum Gasteiger partial charge on any atom is 0.330 e. The number of nitrogens with one attached hydrogen (secondary N) is 4. The predicted molar refractivity (Wildman–Crippen MR) is 357 cm³/mol. The minimum Gasteiger partial charge on any atom is -0.480 e. The Labute approximate surface area is 559 Å². The molecule has 536 valence electrons. The van der Waals surface area contributed by atoms with Gasteiger partial charge in [0.15, 0.2) is 0 Å². The first kappa shape index (κ1) is 86.5. The predicted octanol–water partition coefficient (Wildman–Crippen LogP) is 3.07.